The molecule has 4 nitrogen and oxygen atoms in total. The Labute approximate surface area is 132 Å². The van der Waals surface area contributed by atoms with Gasteiger partial charge in [-0.15, -0.1) is 0 Å². The zero-order valence-electron chi connectivity index (χ0n) is 11.5. The van der Waals surface area contributed by atoms with Crippen LogP contribution in [-0.4, -0.2) is 17.0 Å². The van der Waals surface area contributed by atoms with Gasteiger partial charge in [-0.05, 0) is 35.5 Å². The zero-order chi connectivity index (χ0) is 15.4. The molecule has 5 heteroatoms. The van der Waals surface area contributed by atoms with Crippen LogP contribution in [0.3, 0.4) is 0 Å². The van der Waals surface area contributed by atoms with E-state index in [9.17, 15) is 9.59 Å². The van der Waals surface area contributed by atoms with Gasteiger partial charge in [0.2, 0.25) is 0 Å². The van der Waals surface area contributed by atoms with E-state index in [1.807, 2.05) is 36.4 Å². The van der Waals surface area contributed by atoms with Gasteiger partial charge in [-0.3, -0.25) is 9.59 Å². The van der Waals surface area contributed by atoms with Crippen molar-refractivity contribution >= 4 is 34.8 Å². The summed E-state index contributed by atoms with van der Waals surface area (Å²) in [6.07, 6.45) is 1.77. The van der Waals surface area contributed by atoms with Crippen molar-refractivity contribution in [2.75, 3.05) is 0 Å². The largest absolute Gasteiger partial charge is 0.300 e. The number of carbonyl (C=O) groups is 2. The summed E-state index contributed by atoms with van der Waals surface area (Å²) in [5.41, 5.74) is 1.42. The molecule has 108 valence electrons. The first-order chi connectivity index (χ1) is 10.7. The smallest absolute Gasteiger partial charge is 0.279 e. The van der Waals surface area contributed by atoms with Crippen molar-refractivity contribution in [3.63, 3.8) is 0 Å². The van der Waals surface area contributed by atoms with Gasteiger partial charge in [0.05, 0.1) is 4.91 Å². The molecule has 2 aromatic rings. The predicted octanol–water partition coefficient (Wildman–Crippen LogP) is 3.09. The lowest BCUT2D eigenvalue weighted by Crippen LogP contribution is -2.20. The number of nitrogens with zero attached hydrogens (tertiary/aromatic N) is 1. The summed E-state index contributed by atoms with van der Waals surface area (Å²) >= 11 is 1.17. The van der Waals surface area contributed by atoms with Crippen LogP contribution in [0.2, 0.25) is 0 Å². The number of rotatable bonds is 2. The fourth-order valence-electron chi connectivity index (χ4n) is 1.92. The topological polar surface area (TPSA) is 58.5 Å². The van der Waals surface area contributed by atoms with E-state index >= 15 is 0 Å². The van der Waals surface area contributed by atoms with Crippen molar-refractivity contribution in [3.05, 3.63) is 76.7 Å². The van der Waals surface area contributed by atoms with Crippen LogP contribution < -0.4 is 5.32 Å². The highest BCUT2D eigenvalue weighted by molar-refractivity contribution is 8.18. The molecule has 0 saturated carbocycles. The Morgan fingerprint density at radius 2 is 1.64 bits per heavy atom. The second-order valence-electron chi connectivity index (χ2n) is 4.56. The van der Waals surface area contributed by atoms with Gasteiger partial charge in [-0.25, -0.2) is 0 Å². The van der Waals surface area contributed by atoms with Gasteiger partial charge in [-0.2, -0.15) is 4.99 Å². The van der Waals surface area contributed by atoms with Crippen LogP contribution >= 0.6 is 11.8 Å². The molecule has 1 aliphatic heterocycles. The summed E-state index contributed by atoms with van der Waals surface area (Å²) in [6.45, 7) is 0. The summed E-state index contributed by atoms with van der Waals surface area (Å²) in [7, 11) is 0. The molecule has 0 aromatic heterocycles. The van der Waals surface area contributed by atoms with E-state index in [1.54, 1.807) is 30.3 Å². The molecule has 0 bridgehead atoms. The van der Waals surface area contributed by atoms with E-state index in [0.717, 1.165) is 5.56 Å². The summed E-state index contributed by atoms with van der Waals surface area (Å²) < 4.78 is 0. The first-order valence-corrected chi connectivity index (χ1v) is 7.48. The van der Waals surface area contributed by atoms with Crippen molar-refractivity contribution in [1.29, 1.82) is 0 Å². The normalized spacial score (nSPS) is 17.7. The second kappa shape index (κ2) is 6.41. The standard InChI is InChI=1S/C17H12N2O2S/c20-15(13-9-5-2-6-10-13)18-17-19-16(21)14(22-17)11-12-7-3-1-4-8-12/h1-11H,(H,18,19,20,21)/b14-11-. The van der Waals surface area contributed by atoms with E-state index in [0.29, 0.717) is 15.6 Å². The van der Waals surface area contributed by atoms with Gasteiger partial charge in [0.25, 0.3) is 11.8 Å². The number of thioether (sulfide) groups is 1. The number of amides is 2. The highest BCUT2D eigenvalue weighted by Crippen LogP contribution is 2.26. The number of amidine groups is 1. The third-order valence-corrected chi connectivity index (χ3v) is 3.88. The van der Waals surface area contributed by atoms with Crippen LogP contribution in [0.5, 0.6) is 0 Å². The Morgan fingerprint density at radius 1 is 1.00 bits per heavy atom. The third kappa shape index (κ3) is 3.32. The van der Waals surface area contributed by atoms with Gasteiger partial charge in [0.1, 0.15) is 0 Å². The fourth-order valence-corrected chi connectivity index (χ4v) is 2.74. The lowest BCUT2D eigenvalue weighted by atomic mass is 10.2. The molecule has 2 amide bonds. The zero-order valence-corrected chi connectivity index (χ0v) is 12.3. The van der Waals surface area contributed by atoms with Crippen LogP contribution in [0.15, 0.2) is 70.6 Å². The van der Waals surface area contributed by atoms with Crippen molar-refractivity contribution in [2.24, 2.45) is 4.99 Å². The van der Waals surface area contributed by atoms with Crippen molar-refractivity contribution in [1.82, 2.24) is 5.32 Å². The molecule has 0 radical (unpaired) electrons. The molecule has 1 heterocycles. The van der Waals surface area contributed by atoms with Crippen LogP contribution in [0.25, 0.3) is 6.08 Å². The average Bonchev–Trinajstić information content (AvgIpc) is 2.88. The minimum atomic E-state index is -0.371. The monoisotopic (exact) mass is 308 g/mol. The maximum atomic E-state index is 12.0. The molecular formula is C17H12N2O2S. The minimum absolute atomic E-state index is 0.242. The van der Waals surface area contributed by atoms with E-state index < -0.39 is 0 Å². The molecule has 2 aromatic carbocycles. The number of aliphatic imine (C=N–C) groups is 1. The Balaban J connectivity index is 1.79. The van der Waals surface area contributed by atoms with Gasteiger partial charge < -0.3 is 5.32 Å². The number of hydrogen-bond acceptors (Lipinski definition) is 3. The average molecular weight is 308 g/mol. The predicted molar refractivity (Wildman–Crippen MR) is 88.4 cm³/mol. The Kier molecular flexibility index (Phi) is 4.16. The van der Waals surface area contributed by atoms with Crippen LogP contribution in [-0.2, 0) is 4.79 Å². The quantitative estimate of drug-likeness (QED) is 0.867. The highest BCUT2D eigenvalue weighted by atomic mass is 32.2. The third-order valence-electron chi connectivity index (χ3n) is 2.97. The first kappa shape index (κ1) is 14.3. The first-order valence-electron chi connectivity index (χ1n) is 6.66. The van der Waals surface area contributed by atoms with Crippen molar-refractivity contribution in [2.45, 2.75) is 0 Å². The van der Waals surface area contributed by atoms with Gasteiger partial charge >= 0.3 is 0 Å². The molecule has 0 spiro atoms. The maximum Gasteiger partial charge on any atom is 0.279 e. The lowest BCUT2D eigenvalue weighted by molar-refractivity contribution is -0.115. The van der Waals surface area contributed by atoms with Gasteiger partial charge in [-0.1, -0.05) is 48.5 Å². The lowest BCUT2D eigenvalue weighted by Gasteiger charge is -1.95. The van der Waals surface area contributed by atoms with Crippen LogP contribution in [0.1, 0.15) is 15.9 Å². The number of benzene rings is 2. The van der Waals surface area contributed by atoms with Gasteiger partial charge in [0.15, 0.2) is 5.17 Å². The number of carbonyl (C=O) groups excluding carboxylic acids is 2. The summed E-state index contributed by atoms with van der Waals surface area (Å²) in [5.74, 6) is -0.613. The van der Waals surface area contributed by atoms with E-state index in [1.165, 1.54) is 11.8 Å². The van der Waals surface area contributed by atoms with Crippen molar-refractivity contribution < 1.29 is 9.59 Å². The highest BCUT2D eigenvalue weighted by Gasteiger charge is 2.24. The van der Waals surface area contributed by atoms with Crippen LogP contribution in [0, 0.1) is 0 Å². The molecular weight excluding hydrogens is 296 g/mol. The Bertz CT molecular complexity index is 768. The summed E-state index contributed by atoms with van der Waals surface area (Å²) in [5, 5.41) is 2.92. The second-order valence-corrected chi connectivity index (χ2v) is 5.59. The minimum Gasteiger partial charge on any atom is -0.300 e. The Morgan fingerprint density at radius 3 is 2.32 bits per heavy atom. The number of hydrogen-bond donors (Lipinski definition) is 1. The van der Waals surface area contributed by atoms with Crippen LogP contribution in [0.4, 0.5) is 0 Å². The molecule has 1 fully saturated rings. The van der Waals surface area contributed by atoms with E-state index in [2.05, 4.69) is 10.3 Å². The molecule has 1 saturated heterocycles. The maximum absolute atomic E-state index is 12.0. The summed E-state index contributed by atoms with van der Waals surface area (Å²) in [4.78, 5) is 28.4. The number of nitrogens with one attached hydrogen (secondary N) is 1. The molecule has 3 rings (SSSR count). The SMILES string of the molecule is O=C1NC(=NC(=O)c2ccccc2)S/C1=C\c1ccccc1. The fraction of sp³-hybridized carbons (Fsp3) is 0. The summed E-state index contributed by atoms with van der Waals surface area (Å²) in [6, 6.07) is 18.3. The van der Waals surface area contributed by atoms with E-state index in [-0.39, 0.29) is 11.8 Å². The molecule has 0 atom stereocenters. The van der Waals surface area contributed by atoms with Crippen molar-refractivity contribution in [3.8, 4) is 0 Å². The Hall–Kier alpha value is -2.66. The van der Waals surface area contributed by atoms with Gasteiger partial charge in [0, 0.05) is 5.56 Å². The molecule has 1 aliphatic rings. The van der Waals surface area contributed by atoms with E-state index in [4.69, 9.17) is 0 Å². The molecule has 22 heavy (non-hydrogen) atoms. The molecule has 0 aliphatic carbocycles. The molecule has 1 N–H and O–H groups in total. The molecule has 0 unspecified atom stereocenters.